The Hall–Kier alpha value is -5.58. The Morgan fingerprint density at radius 3 is 0.939 bits per heavy atom. The van der Waals surface area contributed by atoms with Crippen molar-refractivity contribution in [1.29, 1.82) is 0 Å². The molecular formula is C79H126O17P2. The van der Waals surface area contributed by atoms with Gasteiger partial charge in [0, 0.05) is 19.3 Å². The van der Waals surface area contributed by atoms with Gasteiger partial charge in [0.05, 0.1) is 32.8 Å². The molecule has 5 atom stereocenters. The van der Waals surface area contributed by atoms with Crippen molar-refractivity contribution >= 4 is 39.5 Å². The fourth-order valence-electron chi connectivity index (χ4n) is 8.73. The summed E-state index contributed by atoms with van der Waals surface area (Å²) in [5, 5.41) is 10.6. The summed E-state index contributed by atoms with van der Waals surface area (Å²) >= 11 is 0. The number of allylic oxidation sites excluding steroid dienone is 27. The summed E-state index contributed by atoms with van der Waals surface area (Å²) in [4.78, 5) is 72.6. The molecule has 0 aromatic heterocycles. The summed E-state index contributed by atoms with van der Waals surface area (Å²) in [5.74, 6) is -2.43. The fourth-order valence-corrected chi connectivity index (χ4v) is 10.3. The number of ether oxygens (including phenoxy) is 4. The van der Waals surface area contributed by atoms with E-state index in [-0.39, 0.29) is 25.7 Å². The molecule has 0 saturated heterocycles. The number of aliphatic hydroxyl groups is 1. The number of hydrogen-bond donors (Lipinski definition) is 3. The zero-order valence-electron chi connectivity index (χ0n) is 60.1. The quantitative estimate of drug-likeness (QED) is 0.0169. The van der Waals surface area contributed by atoms with Crippen LogP contribution in [0, 0.1) is 0 Å². The Kier molecular flexibility index (Phi) is 65.9. The molecule has 98 heavy (non-hydrogen) atoms. The number of aliphatic hydroxyl groups excluding tert-OH is 1. The summed E-state index contributed by atoms with van der Waals surface area (Å²) in [6.07, 6.45) is 81.2. The number of rotatable bonds is 66. The third kappa shape index (κ3) is 68.9. The normalized spacial score (nSPS) is 15.0. The maximum absolute atomic E-state index is 13.0. The highest BCUT2D eigenvalue weighted by molar-refractivity contribution is 7.47. The maximum atomic E-state index is 13.0. The Labute approximate surface area is 591 Å². The number of carbonyl (C=O) groups is 4. The molecule has 0 fully saturated rings. The van der Waals surface area contributed by atoms with Crippen LogP contribution in [0.2, 0.25) is 0 Å². The van der Waals surface area contributed by atoms with Gasteiger partial charge >= 0.3 is 39.5 Å². The minimum Gasteiger partial charge on any atom is -0.462 e. The highest BCUT2D eigenvalue weighted by Gasteiger charge is 2.30. The highest BCUT2D eigenvalue weighted by Crippen LogP contribution is 2.45. The van der Waals surface area contributed by atoms with E-state index in [1.165, 1.54) is 6.42 Å². The van der Waals surface area contributed by atoms with Crippen LogP contribution in [0.5, 0.6) is 0 Å². The average molecular weight is 1410 g/mol. The van der Waals surface area contributed by atoms with Crippen LogP contribution in [-0.2, 0) is 65.4 Å². The van der Waals surface area contributed by atoms with Crippen LogP contribution in [0.25, 0.3) is 0 Å². The zero-order chi connectivity index (χ0) is 71.8. The zero-order valence-corrected chi connectivity index (χ0v) is 61.9. The minimum atomic E-state index is -5.01. The second-order valence-corrected chi connectivity index (χ2v) is 26.3. The van der Waals surface area contributed by atoms with Crippen molar-refractivity contribution in [2.45, 2.75) is 264 Å². The van der Waals surface area contributed by atoms with Crippen LogP contribution in [0.3, 0.4) is 0 Å². The molecule has 0 amide bonds. The first-order valence-corrected chi connectivity index (χ1v) is 39.4. The van der Waals surface area contributed by atoms with Crippen molar-refractivity contribution in [1.82, 2.24) is 0 Å². The number of phosphoric acid groups is 2. The largest absolute Gasteiger partial charge is 0.472 e. The van der Waals surface area contributed by atoms with E-state index in [1.807, 2.05) is 12.2 Å². The van der Waals surface area contributed by atoms with Gasteiger partial charge in [0.1, 0.15) is 19.3 Å². The second-order valence-electron chi connectivity index (χ2n) is 23.4. The summed E-state index contributed by atoms with van der Waals surface area (Å²) in [6, 6.07) is 0. The number of unbranched alkanes of at least 4 members (excludes halogenated alkanes) is 13. The molecule has 0 radical (unpaired) electrons. The first kappa shape index (κ1) is 92.4. The molecular weight excluding hydrogens is 1280 g/mol. The molecule has 0 aromatic carbocycles. The number of carbonyl (C=O) groups excluding carboxylic acids is 4. The third-order valence-electron chi connectivity index (χ3n) is 14.2. The lowest BCUT2D eigenvalue weighted by atomic mass is 10.1. The molecule has 17 nitrogen and oxygen atoms in total. The summed E-state index contributed by atoms with van der Waals surface area (Å²) < 4.78 is 68.1. The van der Waals surface area contributed by atoms with E-state index in [0.717, 1.165) is 161 Å². The van der Waals surface area contributed by atoms with Gasteiger partial charge in [-0.25, -0.2) is 9.13 Å². The predicted octanol–water partition coefficient (Wildman–Crippen LogP) is 20.7. The van der Waals surface area contributed by atoms with Crippen molar-refractivity contribution in [3.05, 3.63) is 170 Å². The summed E-state index contributed by atoms with van der Waals surface area (Å²) in [5.41, 5.74) is 0. The van der Waals surface area contributed by atoms with Crippen molar-refractivity contribution in [3.63, 3.8) is 0 Å². The number of esters is 4. The van der Waals surface area contributed by atoms with E-state index in [4.69, 9.17) is 37.0 Å². The third-order valence-corrected chi connectivity index (χ3v) is 16.1. The van der Waals surface area contributed by atoms with Gasteiger partial charge in [-0.2, -0.15) is 0 Å². The molecule has 0 aliphatic heterocycles. The molecule has 19 heteroatoms. The average Bonchev–Trinajstić information content (AvgIpc) is 0.980. The van der Waals surface area contributed by atoms with Gasteiger partial charge < -0.3 is 33.8 Å². The highest BCUT2D eigenvalue weighted by atomic mass is 31.2. The van der Waals surface area contributed by atoms with Crippen molar-refractivity contribution in [3.8, 4) is 0 Å². The molecule has 5 unspecified atom stereocenters. The molecule has 0 aliphatic carbocycles. The van der Waals surface area contributed by atoms with E-state index in [0.29, 0.717) is 25.7 Å². The summed E-state index contributed by atoms with van der Waals surface area (Å²) in [6.45, 7) is 4.24. The Morgan fingerprint density at radius 2 is 0.571 bits per heavy atom. The number of phosphoric ester groups is 2. The molecule has 0 aromatic rings. The second kappa shape index (κ2) is 69.9. The predicted molar refractivity (Wildman–Crippen MR) is 399 cm³/mol. The van der Waals surface area contributed by atoms with E-state index >= 15 is 0 Å². The smallest absolute Gasteiger partial charge is 0.462 e. The van der Waals surface area contributed by atoms with Gasteiger partial charge in [-0.1, -0.05) is 243 Å². The molecule has 3 N–H and O–H groups in total. The van der Waals surface area contributed by atoms with Crippen LogP contribution in [-0.4, -0.2) is 96.7 Å². The van der Waals surface area contributed by atoms with Gasteiger partial charge in [-0.3, -0.25) is 37.3 Å². The summed E-state index contributed by atoms with van der Waals surface area (Å²) in [7, 11) is -10.0. The molecule has 0 rings (SSSR count). The SMILES string of the molecule is CC/C=C\C/C=C\C/C=C\C/C=C\C/C=C\CC(=O)OC(COC(=O)CCCCCC/C=C\C/C=C\C/C=C\C/C=C\CC)COP(=O)(O)OCC(O)COP(=O)(O)OCC(COC(=O)CCCC/C=C\C/C=C\C/C=C\C/C=C\CC)OC(=O)CCCCCCC/C=C\CCCC. The molecule has 0 saturated carbocycles. The first-order valence-electron chi connectivity index (χ1n) is 36.4. The van der Waals surface area contributed by atoms with E-state index in [9.17, 15) is 43.2 Å². The van der Waals surface area contributed by atoms with Crippen LogP contribution >= 0.6 is 15.6 Å². The lowest BCUT2D eigenvalue weighted by molar-refractivity contribution is -0.161. The van der Waals surface area contributed by atoms with Gasteiger partial charge in [-0.05, 0) is 148 Å². The van der Waals surface area contributed by atoms with E-state index < -0.39 is 97.5 Å². The van der Waals surface area contributed by atoms with E-state index in [2.05, 4.69) is 174 Å². The molecule has 0 bridgehead atoms. The molecule has 554 valence electrons. The Morgan fingerprint density at radius 1 is 0.306 bits per heavy atom. The van der Waals surface area contributed by atoms with Crippen LogP contribution in [0.4, 0.5) is 0 Å². The first-order chi connectivity index (χ1) is 47.7. The van der Waals surface area contributed by atoms with Gasteiger partial charge in [0.2, 0.25) is 0 Å². The van der Waals surface area contributed by atoms with Crippen molar-refractivity contribution in [2.75, 3.05) is 39.6 Å². The molecule has 0 heterocycles. The van der Waals surface area contributed by atoms with Crippen LogP contribution in [0.15, 0.2) is 170 Å². The van der Waals surface area contributed by atoms with Gasteiger partial charge in [0.25, 0.3) is 0 Å². The van der Waals surface area contributed by atoms with Crippen molar-refractivity contribution in [2.24, 2.45) is 0 Å². The van der Waals surface area contributed by atoms with E-state index in [1.54, 1.807) is 12.2 Å². The fraction of sp³-hybridized carbons (Fsp3) is 0.595. The Bertz CT molecular complexity index is 2530. The van der Waals surface area contributed by atoms with Gasteiger partial charge in [0.15, 0.2) is 12.2 Å². The Balaban J connectivity index is 5.48. The molecule has 0 spiro atoms. The lowest BCUT2D eigenvalue weighted by Crippen LogP contribution is -2.30. The standard InChI is InChI=1S/C79H126O17P2/c1-5-9-13-17-21-25-29-32-35-36-39-41-45-48-52-56-60-64-77(82)90-70-75(96-79(84)66-62-58-54-50-46-42-38-34-31-27-23-19-15-11-7-3)72-94-98(87,88)92-68-73(80)67-91-97(85,86)93-71-74(95-78(83)65-61-57-53-49-43-28-24-20-16-12-8-4)69-89-76(81)63-59-55-51-47-44-40-37-33-30-26-22-18-14-10-6-2/h9-11,13-15,20-27,32-35,37-39,41,44,46-47,50,58,62,73-75,80H,5-8,12,16-19,28-31,36,40,42-43,45,48-49,51-57,59-61,63-72H2,1-4H3,(H,85,86)(H,87,88)/b13-9-,14-10-,15-11-,24-20-,25-21-,26-22-,27-23-,35-32-,37-33-,38-34-,41-39-,47-44-,50-46-,62-58-. The van der Waals surface area contributed by atoms with Crippen molar-refractivity contribution < 1.29 is 80.2 Å². The van der Waals surface area contributed by atoms with Crippen LogP contribution < -0.4 is 0 Å². The number of hydrogen-bond acceptors (Lipinski definition) is 15. The monoisotopic (exact) mass is 1410 g/mol. The maximum Gasteiger partial charge on any atom is 0.472 e. The lowest BCUT2D eigenvalue weighted by Gasteiger charge is -2.21. The topological polar surface area (TPSA) is 237 Å². The van der Waals surface area contributed by atoms with Gasteiger partial charge in [-0.15, -0.1) is 0 Å². The van der Waals surface area contributed by atoms with Crippen LogP contribution in [0.1, 0.15) is 246 Å². The molecule has 0 aliphatic rings. The minimum absolute atomic E-state index is 0.0664.